The molecule has 116 valence electrons. The van der Waals surface area contributed by atoms with Crippen molar-refractivity contribution in [2.24, 2.45) is 12.5 Å². The number of carbonyl (C=O) groups excluding carboxylic acids is 1. The minimum atomic E-state index is -3.22. The quantitative estimate of drug-likeness (QED) is 0.799. The highest BCUT2D eigenvalue weighted by atomic mass is 32.2. The molecule has 1 amide bonds. The van der Waals surface area contributed by atoms with Gasteiger partial charge < -0.3 is 4.90 Å². The van der Waals surface area contributed by atoms with E-state index in [2.05, 4.69) is 5.10 Å². The van der Waals surface area contributed by atoms with Gasteiger partial charge in [0.1, 0.15) is 0 Å². The third kappa shape index (κ3) is 2.26. The smallest absolute Gasteiger partial charge is 0.234 e. The fraction of sp³-hybridized carbons (Fsp3) is 0.692. The van der Waals surface area contributed by atoms with Gasteiger partial charge in [0.2, 0.25) is 15.9 Å². The highest BCUT2D eigenvalue weighted by Gasteiger charge is 2.53. The zero-order valence-electron chi connectivity index (χ0n) is 12.3. The van der Waals surface area contributed by atoms with Crippen LogP contribution in [-0.2, 0) is 21.9 Å². The third-order valence-corrected chi connectivity index (χ3v) is 6.42. The molecule has 0 N–H and O–H groups in total. The molecule has 0 radical (unpaired) electrons. The zero-order valence-corrected chi connectivity index (χ0v) is 13.1. The molecule has 1 aromatic rings. The van der Waals surface area contributed by atoms with E-state index in [1.807, 2.05) is 13.2 Å². The Hall–Kier alpha value is -1.41. The van der Waals surface area contributed by atoms with Gasteiger partial charge in [-0.15, -0.1) is 0 Å². The molecule has 1 aromatic heterocycles. The Morgan fingerprint density at radius 3 is 2.67 bits per heavy atom. The molecule has 2 aliphatic rings. The van der Waals surface area contributed by atoms with Crippen LogP contribution in [-0.4, -0.2) is 53.8 Å². The first-order valence-corrected chi connectivity index (χ1v) is 8.77. The number of sulfonamides is 1. The molecule has 0 bridgehead atoms. The fourth-order valence-electron chi connectivity index (χ4n) is 3.25. The van der Waals surface area contributed by atoms with Gasteiger partial charge in [0, 0.05) is 32.9 Å². The van der Waals surface area contributed by atoms with Crippen molar-refractivity contribution in [3.8, 4) is 0 Å². The van der Waals surface area contributed by atoms with Crippen molar-refractivity contribution >= 4 is 21.6 Å². The monoisotopic (exact) mass is 312 g/mol. The summed E-state index contributed by atoms with van der Waals surface area (Å²) in [4.78, 5) is 14.5. The lowest BCUT2D eigenvalue weighted by atomic mass is 9.86. The van der Waals surface area contributed by atoms with Gasteiger partial charge in [0.15, 0.2) is 0 Å². The Balaban J connectivity index is 1.81. The van der Waals surface area contributed by atoms with E-state index >= 15 is 0 Å². The Morgan fingerprint density at radius 2 is 2.05 bits per heavy atom. The fourth-order valence-corrected chi connectivity index (χ4v) is 4.43. The Morgan fingerprint density at radius 1 is 1.33 bits per heavy atom. The van der Waals surface area contributed by atoms with Crippen molar-refractivity contribution in [3.63, 3.8) is 0 Å². The number of amides is 1. The first kappa shape index (κ1) is 14.5. The van der Waals surface area contributed by atoms with Gasteiger partial charge in [-0.25, -0.2) is 12.7 Å². The average molecular weight is 312 g/mol. The van der Waals surface area contributed by atoms with Crippen LogP contribution in [0.1, 0.15) is 19.8 Å². The summed E-state index contributed by atoms with van der Waals surface area (Å²) in [6.07, 6.45) is 4.80. The maximum Gasteiger partial charge on any atom is 0.234 e. The summed E-state index contributed by atoms with van der Waals surface area (Å²) in [7, 11) is -1.41. The van der Waals surface area contributed by atoms with E-state index in [9.17, 15) is 13.2 Å². The van der Waals surface area contributed by atoms with Crippen molar-refractivity contribution in [2.45, 2.75) is 19.8 Å². The second-order valence-electron chi connectivity index (χ2n) is 5.84. The lowest BCUT2D eigenvalue weighted by Crippen LogP contribution is -2.38. The van der Waals surface area contributed by atoms with Crippen molar-refractivity contribution in [1.29, 1.82) is 0 Å². The zero-order chi connectivity index (χ0) is 15.3. The summed E-state index contributed by atoms with van der Waals surface area (Å²) in [5, 5.41) is 4.09. The molecule has 0 aromatic carbocycles. The summed E-state index contributed by atoms with van der Waals surface area (Å²) in [5.41, 5.74) is 0.245. The second-order valence-corrected chi connectivity index (χ2v) is 8.10. The van der Waals surface area contributed by atoms with Crippen molar-refractivity contribution in [3.05, 3.63) is 12.4 Å². The number of aromatic nitrogens is 2. The van der Waals surface area contributed by atoms with Gasteiger partial charge in [-0.3, -0.25) is 9.48 Å². The van der Waals surface area contributed by atoms with E-state index in [-0.39, 0.29) is 11.7 Å². The van der Waals surface area contributed by atoms with Crippen LogP contribution in [0.2, 0.25) is 0 Å². The van der Waals surface area contributed by atoms with Crippen LogP contribution < -0.4 is 4.90 Å². The Bertz CT molecular complexity index is 669. The van der Waals surface area contributed by atoms with Crippen LogP contribution >= 0.6 is 0 Å². The van der Waals surface area contributed by atoms with Crippen LogP contribution in [0.25, 0.3) is 0 Å². The molecular weight excluding hydrogens is 292 g/mol. The van der Waals surface area contributed by atoms with Crippen LogP contribution in [0.15, 0.2) is 12.4 Å². The molecule has 21 heavy (non-hydrogen) atoms. The number of nitrogens with zero attached hydrogens (tertiary/aromatic N) is 4. The molecule has 2 saturated heterocycles. The summed E-state index contributed by atoms with van der Waals surface area (Å²) >= 11 is 0. The molecule has 8 heteroatoms. The maximum absolute atomic E-state index is 12.8. The van der Waals surface area contributed by atoms with Gasteiger partial charge in [0.25, 0.3) is 0 Å². The van der Waals surface area contributed by atoms with Crippen LogP contribution in [0.3, 0.4) is 0 Å². The third-order valence-electron chi connectivity index (χ3n) is 4.59. The number of aryl methyl sites for hydroxylation is 1. The summed E-state index contributed by atoms with van der Waals surface area (Å²) in [5.74, 6) is 0.119. The topological polar surface area (TPSA) is 75.5 Å². The van der Waals surface area contributed by atoms with E-state index < -0.39 is 15.4 Å². The standard InChI is InChI=1S/C13H20N4O3S/c1-3-21(19,20)16-6-4-13(10-16)5-7-17(12(13)18)11-8-14-15(2)9-11/h8-9H,3-7,10H2,1-2H3/t13-/m1/s1. The largest absolute Gasteiger partial charge is 0.309 e. The van der Waals surface area contributed by atoms with E-state index in [1.165, 1.54) is 4.31 Å². The molecule has 7 nitrogen and oxygen atoms in total. The molecule has 3 heterocycles. The van der Waals surface area contributed by atoms with E-state index in [0.29, 0.717) is 32.5 Å². The van der Waals surface area contributed by atoms with Gasteiger partial charge in [0.05, 0.1) is 23.1 Å². The average Bonchev–Trinajstić information content (AvgIpc) is 3.13. The SMILES string of the molecule is CCS(=O)(=O)N1CC[C@@]2(CCN(c3cnn(C)c3)C2=O)C1. The van der Waals surface area contributed by atoms with Crippen molar-refractivity contribution in [2.75, 3.05) is 30.3 Å². The van der Waals surface area contributed by atoms with Crippen LogP contribution in [0, 0.1) is 5.41 Å². The molecule has 1 spiro atoms. The van der Waals surface area contributed by atoms with Gasteiger partial charge >= 0.3 is 0 Å². The summed E-state index contributed by atoms with van der Waals surface area (Å²) in [6, 6.07) is 0. The second kappa shape index (κ2) is 4.81. The highest BCUT2D eigenvalue weighted by Crippen LogP contribution is 2.42. The minimum absolute atomic E-state index is 0.0318. The minimum Gasteiger partial charge on any atom is -0.309 e. The van der Waals surface area contributed by atoms with Crippen LogP contribution in [0.5, 0.6) is 0 Å². The molecule has 2 aliphatic heterocycles. The maximum atomic E-state index is 12.8. The number of hydrogen-bond acceptors (Lipinski definition) is 4. The number of carbonyl (C=O) groups is 1. The van der Waals surface area contributed by atoms with Gasteiger partial charge in [-0.1, -0.05) is 0 Å². The molecule has 0 aliphatic carbocycles. The number of hydrogen-bond donors (Lipinski definition) is 0. The molecule has 1 atom stereocenters. The van der Waals surface area contributed by atoms with Gasteiger partial charge in [-0.2, -0.15) is 5.10 Å². The Kier molecular flexibility index (Phi) is 3.32. The molecule has 2 fully saturated rings. The molecule has 0 unspecified atom stereocenters. The number of rotatable bonds is 3. The lowest BCUT2D eigenvalue weighted by Gasteiger charge is -2.22. The Labute approximate surface area is 124 Å². The van der Waals surface area contributed by atoms with Crippen molar-refractivity contribution < 1.29 is 13.2 Å². The predicted molar refractivity (Wildman–Crippen MR) is 78.3 cm³/mol. The van der Waals surface area contributed by atoms with Crippen molar-refractivity contribution in [1.82, 2.24) is 14.1 Å². The van der Waals surface area contributed by atoms with E-state index in [0.717, 1.165) is 5.69 Å². The van der Waals surface area contributed by atoms with E-state index in [4.69, 9.17) is 0 Å². The molecule has 3 rings (SSSR count). The van der Waals surface area contributed by atoms with Gasteiger partial charge in [-0.05, 0) is 19.8 Å². The van der Waals surface area contributed by atoms with E-state index in [1.54, 1.807) is 22.7 Å². The highest BCUT2D eigenvalue weighted by molar-refractivity contribution is 7.89. The summed E-state index contributed by atoms with van der Waals surface area (Å²) in [6.45, 7) is 3.03. The number of anilines is 1. The predicted octanol–water partition coefficient (Wildman–Crippen LogP) is 0.199. The summed E-state index contributed by atoms with van der Waals surface area (Å²) < 4.78 is 27.1. The van der Waals surface area contributed by atoms with Crippen LogP contribution in [0.4, 0.5) is 5.69 Å². The first-order chi connectivity index (χ1) is 9.88. The molecule has 0 saturated carbocycles. The lowest BCUT2D eigenvalue weighted by molar-refractivity contribution is -0.124. The normalized spacial score (nSPS) is 27.1. The first-order valence-electron chi connectivity index (χ1n) is 7.16. The molecular formula is C13H20N4O3S.